The van der Waals surface area contributed by atoms with Crippen molar-refractivity contribution in [1.29, 1.82) is 0 Å². The second-order valence-corrected chi connectivity index (χ2v) is 7.73. The van der Waals surface area contributed by atoms with Gasteiger partial charge in [0.2, 0.25) is 0 Å². The zero-order valence-corrected chi connectivity index (χ0v) is 15.2. The SMILES string of the molecule is CCn1ccc(CNC2(C)CCN(C(=O)OC(C)(C)C)CC2)c1. The van der Waals surface area contributed by atoms with Crippen LogP contribution in [0.25, 0.3) is 0 Å². The van der Waals surface area contributed by atoms with E-state index in [0.717, 1.165) is 39.0 Å². The van der Waals surface area contributed by atoms with Crippen LogP contribution in [0, 0.1) is 0 Å². The summed E-state index contributed by atoms with van der Waals surface area (Å²) in [6.45, 7) is 13.5. The summed E-state index contributed by atoms with van der Waals surface area (Å²) < 4.78 is 7.64. The zero-order chi connectivity index (χ0) is 17.1. The molecule has 0 unspecified atom stereocenters. The molecule has 1 aromatic rings. The predicted octanol–water partition coefficient (Wildman–Crippen LogP) is 3.39. The average molecular weight is 321 g/mol. The van der Waals surface area contributed by atoms with Crippen molar-refractivity contribution in [1.82, 2.24) is 14.8 Å². The number of piperidine rings is 1. The van der Waals surface area contributed by atoms with Crippen molar-refractivity contribution >= 4 is 6.09 Å². The first-order valence-corrected chi connectivity index (χ1v) is 8.58. The standard InChI is InChI=1S/C18H31N3O2/c1-6-20-10-7-15(14-20)13-19-18(5)8-11-21(12-9-18)16(22)23-17(2,3)4/h7,10,14,19H,6,8-9,11-13H2,1-5H3. The molecule has 1 N–H and O–H groups in total. The fraction of sp³-hybridized carbons (Fsp3) is 0.722. The molecule has 0 spiro atoms. The molecule has 0 saturated carbocycles. The summed E-state index contributed by atoms with van der Waals surface area (Å²) in [6, 6.07) is 2.16. The maximum absolute atomic E-state index is 12.1. The van der Waals surface area contributed by atoms with Crippen molar-refractivity contribution in [2.24, 2.45) is 0 Å². The minimum absolute atomic E-state index is 0.0762. The average Bonchev–Trinajstić information content (AvgIpc) is 2.92. The van der Waals surface area contributed by atoms with E-state index in [0.29, 0.717) is 0 Å². The molecule has 0 bridgehead atoms. The molecule has 5 nitrogen and oxygen atoms in total. The summed E-state index contributed by atoms with van der Waals surface area (Å²) in [5.74, 6) is 0. The zero-order valence-electron chi connectivity index (χ0n) is 15.2. The lowest BCUT2D eigenvalue weighted by Crippen LogP contribution is -2.53. The molecule has 1 aliphatic rings. The number of hydrogen-bond acceptors (Lipinski definition) is 3. The Morgan fingerprint density at radius 1 is 1.35 bits per heavy atom. The number of carbonyl (C=O) groups excluding carboxylic acids is 1. The van der Waals surface area contributed by atoms with E-state index in [4.69, 9.17) is 4.74 Å². The minimum Gasteiger partial charge on any atom is -0.444 e. The summed E-state index contributed by atoms with van der Waals surface area (Å²) in [6.07, 6.45) is 6.00. The van der Waals surface area contributed by atoms with Crippen molar-refractivity contribution in [3.63, 3.8) is 0 Å². The van der Waals surface area contributed by atoms with Crippen LogP contribution in [0.4, 0.5) is 4.79 Å². The summed E-state index contributed by atoms with van der Waals surface area (Å²) >= 11 is 0. The first-order valence-electron chi connectivity index (χ1n) is 8.58. The monoisotopic (exact) mass is 321 g/mol. The summed E-state index contributed by atoms with van der Waals surface area (Å²) in [5, 5.41) is 3.67. The van der Waals surface area contributed by atoms with Gasteiger partial charge in [0, 0.05) is 44.1 Å². The van der Waals surface area contributed by atoms with Crippen molar-refractivity contribution in [3.8, 4) is 0 Å². The van der Waals surface area contributed by atoms with Crippen LogP contribution >= 0.6 is 0 Å². The number of likely N-dealkylation sites (tertiary alicyclic amines) is 1. The van der Waals surface area contributed by atoms with E-state index in [1.165, 1.54) is 5.56 Å². The Bertz CT molecular complexity index is 523. The quantitative estimate of drug-likeness (QED) is 0.924. The largest absolute Gasteiger partial charge is 0.444 e. The van der Waals surface area contributed by atoms with Crippen LogP contribution in [-0.4, -0.2) is 39.8 Å². The molecule has 23 heavy (non-hydrogen) atoms. The van der Waals surface area contributed by atoms with Crippen molar-refractivity contribution in [3.05, 3.63) is 24.0 Å². The van der Waals surface area contributed by atoms with Gasteiger partial charge in [-0.3, -0.25) is 0 Å². The molecular formula is C18H31N3O2. The van der Waals surface area contributed by atoms with Gasteiger partial charge < -0.3 is 19.5 Å². The van der Waals surface area contributed by atoms with Gasteiger partial charge in [-0.15, -0.1) is 0 Å². The molecule has 0 aromatic carbocycles. The molecule has 130 valence electrons. The molecule has 5 heteroatoms. The first kappa shape index (κ1) is 17.9. The predicted molar refractivity (Wildman–Crippen MR) is 92.4 cm³/mol. The molecule has 1 fully saturated rings. The minimum atomic E-state index is -0.428. The summed E-state index contributed by atoms with van der Waals surface area (Å²) in [4.78, 5) is 13.9. The summed E-state index contributed by atoms with van der Waals surface area (Å²) in [5.41, 5.74) is 0.956. The Labute approximate surface area is 140 Å². The van der Waals surface area contributed by atoms with Crippen LogP contribution in [0.15, 0.2) is 18.5 Å². The van der Waals surface area contributed by atoms with Crippen LogP contribution in [0.1, 0.15) is 53.0 Å². The highest BCUT2D eigenvalue weighted by Gasteiger charge is 2.33. The highest BCUT2D eigenvalue weighted by Crippen LogP contribution is 2.23. The van der Waals surface area contributed by atoms with Crippen molar-refractivity contribution in [2.45, 2.75) is 71.7 Å². The van der Waals surface area contributed by atoms with Crippen LogP contribution in [-0.2, 0) is 17.8 Å². The van der Waals surface area contributed by atoms with E-state index in [2.05, 4.69) is 42.2 Å². The Hall–Kier alpha value is -1.49. The van der Waals surface area contributed by atoms with Gasteiger partial charge in [0.15, 0.2) is 0 Å². The fourth-order valence-corrected chi connectivity index (χ4v) is 2.79. The molecule has 0 aliphatic carbocycles. The van der Waals surface area contributed by atoms with Gasteiger partial charge in [0.05, 0.1) is 0 Å². The van der Waals surface area contributed by atoms with Gasteiger partial charge in [-0.1, -0.05) is 0 Å². The fourth-order valence-electron chi connectivity index (χ4n) is 2.79. The van der Waals surface area contributed by atoms with Gasteiger partial charge in [0.1, 0.15) is 5.60 Å². The molecule has 1 amide bonds. The van der Waals surface area contributed by atoms with Gasteiger partial charge in [-0.2, -0.15) is 0 Å². The van der Waals surface area contributed by atoms with Gasteiger partial charge >= 0.3 is 6.09 Å². The Morgan fingerprint density at radius 3 is 2.52 bits per heavy atom. The number of nitrogens with one attached hydrogen (secondary N) is 1. The van der Waals surface area contributed by atoms with Crippen LogP contribution < -0.4 is 5.32 Å². The molecule has 0 atom stereocenters. The normalized spacial score (nSPS) is 18.0. The van der Waals surface area contributed by atoms with E-state index < -0.39 is 5.60 Å². The molecular weight excluding hydrogens is 290 g/mol. The van der Waals surface area contributed by atoms with E-state index in [1.807, 2.05) is 25.7 Å². The van der Waals surface area contributed by atoms with Crippen LogP contribution in [0.2, 0.25) is 0 Å². The highest BCUT2D eigenvalue weighted by atomic mass is 16.6. The number of amides is 1. The van der Waals surface area contributed by atoms with Gasteiger partial charge in [0.25, 0.3) is 0 Å². The second kappa shape index (κ2) is 6.95. The molecule has 1 aromatic heterocycles. The third-order valence-corrected chi connectivity index (χ3v) is 4.41. The van der Waals surface area contributed by atoms with Gasteiger partial charge in [-0.05, 0) is 59.1 Å². The molecule has 1 saturated heterocycles. The third-order valence-electron chi connectivity index (χ3n) is 4.41. The lowest BCUT2D eigenvalue weighted by atomic mass is 9.89. The number of nitrogens with zero attached hydrogens (tertiary/aromatic N) is 2. The summed E-state index contributed by atoms with van der Waals surface area (Å²) in [7, 11) is 0. The molecule has 2 rings (SSSR count). The van der Waals surface area contributed by atoms with E-state index >= 15 is 0 Å². The molecule has 0 radical (unpaired) electrons. The van der Waals surface area contributed by atoms with Crippen LogP contribution in [0.3, 0.4) is 0 Å². The number of hydrogen-bond donors (Lipinski definition) is 1. The Kier molecular flexibility index (Phi) is 5.40. The van der Waals surface area contributed by atoms with Crippen LogP contribution in [0.5, 0.6) is 0 Å². The molecule has 1 aliphatic heterocycles. The highest BCUT2D eigenvalue weighted by molar-refractivity contribution is 5.68. The number of rotatable bonds is 4. The van der Waals surface area contributed by atoms with E-state index in [9.17, 15) is 4.79 Å². The smallest absolute Gasteiger partial charge is 0.410 e. The van der Waals surface area contributed by atoms with E-state index in [1.54, 1.807) is 0 Å². The molecule has 2 heterocycles. The third kappa shape index (κ3) is 5.27. The van der Waals surface area contributed by atoms with Crippen molar-refractivity contribution < 1.29 is 9.53 Å². The number of aryl methyl sites for hydroxylation is 1. The topological polar surface area (TPSA) is 46.5 Å². The number of ether oxygens (including phenoxy) is 1. The second-order valence-electron chi connectivity index (χ2n) is 7.73. The lowest BCUT2D eigenvalue weighted by Gasteiger charge is -2.40. The first-order chi connectivity index (χ1) is 10.7. The Morgan fingerprint density at radius 2 is 2.00 bits per heavy atom. The van der Waals surface area contributed by atoms with E-state index in [-0.39, 0.29) is 11.6 Å². The number of aromatic nitrogens is 1. The lowest BCUT2D eigenvalue weighted by molar-refractivity contribution is 0.0157. The maximum atomic E-state index is 12.1. The van der Waals surface area contributed by atoms with Gasteiger partial charge in [-0.25, -0.2) is 4.79 Å². The van der Waals surface area contributed by atoms with Crippen molar-refractivity contribution in [2.75, 3.05) is 13.1 Å². The maximum Gasteiger partial charge on any atom is 0.410 e. The Balaban J connectivity index is 1.81. The number of carbonyl (C=O) groups is 1.